The second-order valence-corrected chi connectivity index (χ2v) is 6.82. The molecule has 0 radical (unpaired) electrons. The maximum atomic E-state index is 12.0. The Morgan fingerprint density at radius 2 is 1.79 bits per heavy atom. The third-order valence-electron chi connectivity index (χ3n) is 4.61. The summed E-state index contributed by atoms with van der Waals surface area (Å²) in [5.74, 6) is -1.61. The number of benzene rings is 1. The van der Waals surface area contributed by atoms with E-state index in [1.54, 1.807) is 19.1 Å². The van der Waals surface area contributed by atoms with Crippen molar-refractivity contribution in [3.8, 4) is 5.75 Å². The van der Waals surface area contributed by atoms with Crippen molar-refractivity contribution in [1.29, 1.82) is 0 Å². The largest absolute Gasteiger partial charge is 0.508 e. The van der Waals surface area contributed by atoms with E-state index in [0.717, 1.165) is 6.08 Å². The molecule has 4 N–H and O–H groups in total. The Bertz CT molecular complexity index is 715. The molecule has 1 unspecified atom stereocenters. The molecule has 160 valence electrons. The first-order valence-corrected chi connectivity index (χ1v) is 9.27. The van der Waals surface area contributed by atoms with Crippen LogP contribution in [0.25, 0.3) is 6.08 Å². The second-order valence-electron chi connectivity index (χ2n) is 6.82. The number of carbonyl (C=O) groups is 2. The van der Waals surface area contributed by atoms with Gasteiger partial charge < -0.3 is 34.6 Å². The van der Waals surface area contributed by atoms with Crippen LogP contribution >= 0.6 is 0 Å². The zero-order chi connectivity index (χ0) is 21.6. The summed E-state index contributed by atoms with van der Waals surface area (Å²) in [6, 6.07) is 6.05. The number of hydrogen-bond acceptors (Lipinski definition) is 9. The van der Waals surface area contributed by atoms with Crippen LogP contribution in [0, 0.1) is 5.92 Å². The van der Waals surface area contributed by atoms with Gasteiger partial charge in [-0.1, -0.05) is 26.0 Å². The molecule has 0 bridgehead atoms. The van der Waals surface area contributed by atoms with Crippen molar-refractivity contribution in [2.24, 2.45) is 5.92 Å². The monoisotopic (exact) mass is 410 g/mol. The molecule has 1 aromatic carbocycles. The van der Waals surface area contributed by atoms with Crippen LogP contribution in [0.15, 0.2) is 30.3 Å². The first-order chi connectivity index (χ1) is 13.7. The highest BCUT2D eigenvalue weighted by Crippen LogP contribution is 2.23. The normalized spacial score (nSPS) is 28.1. The van der Waals surface area contributed by atoms with Crippen LogP contribution in [0.1, 0.15) is 25.8 Å². The minimum Gasteiger partial charge on any atom is -0.508 e. The van der Waals surface area contributed by atoms with Gasteiger partial charge in [0.05, 0.1) is 5.92 Å². The van der Waals surface area contributed by atoms with Gasteiger partial charge in [-0.2, -0.15) is 0 Å². The van der Waals surface area contributed by atoms with Crippen molar-refractivity contribution in [3.05, 3.63) is 35.9 Å². The predicted octanol–water partition coefficient (Wildman–Crippen LogP) is 0.345. The van der Waals surface area contributed by atoms with Crippen molar-refractivity contribution in [1.82, 2.24) is 0 Å². The average Bonchev–Trinajstić information content (AvgIpc) is 2.71. The summed E-state index contributed by atoms with van der Waals surface area (Å²) in [5.41, 5.74) is 0.621. The predicted molar refractivity (Wildman–Crippen MR) is 100 cm³/mol. The van der Waals surface area contributed by atoms with Gasteiger partial charge in [-0.3, -0.25) is 4.79 Å². The van der Waals surface area contributed by atoms with Crippen molar-refractivity contribution < 1.29 is 44.2 Å². The number of aromatic hydroxyl groups is 1. The highest BCUT2D eigenvalue weighted by molar-refractivity contribution is 5.87. The van der Waals surface area contributed by atoms with E-state index in [-0.39, 0.29) is 18.3 Å². The maximum Gasteiger partial charge on any atom is 0.333 e. The molecule has 0 saturated carbocycles. The topological polar surface area (TPSA) is 143 Å². The number of hydrogen-bond donors (Lipinski definition) is 4. The first kappa shape index (κ1) is 22.8. The zero-order valence-electron chi connectivity index (χ0n) is 16.2. The van der Waals surface area contributed by atoms with Gasteiger partial charge in [0.25, 0.3) is 0 Å². The minimum absolute atomic E-state index is 0.0797. The second kappa shape index (κ2) is 10.4. The summed E-state index contributed by atoms with van der Waals surface area (Å²) < 4.78 is 15.4. The highest BCUT2D eigenvalue weighted by atomic mass is 16.7. The maximum absolute atomic E-state index is 12.0. The van der Waals surface area contributed by atoms with Gasteiger partial charge >= 0.3 is 11.9 Å². The number of aliphatic hydroxyl groups excluding tert-OH is 3. The number of ether oxygens (including phenoxy) is 3. The molecule has 1 aromatic rings. The van der Waals surface area contributed by atoms with E-state index in [1.165, 1.54) is 18.2 Å². The Balaban J connectivity index is 1.96. The smallest absolute Gasteiger partial charge is 0.333 e. The van der Waals surface area contributed by atoms with E-state index in [2.05, 4.69) is 0 Å². The zero-order valence-corrected chi connectivity index (χ0v) is 16.2. The lowest BCUT2D eigenvalue weighted by Gasteiger charge is -2.39. The lowest BCUT2D eigenvalue weighted by Crippen LogP contribution is -2.59. The number of phenolic OH excluding ortho intramolecular Hbond substituents is 1. The van der Waals surface area contributed by atoms with Crippen LogP contribution in [0.5, 0.6) is 5.75 Å². The number of phenols is 1. The number of rotatable bonds is 7. The lowest BCUT2D eigenvalue weighted by atomic mass is 9.99. The summed E-state index contributed by atoms with van der Waals surface area (Å²) in [4.78, 5) is 23.8. The molecule has 0 spiro atoms. The Morgan fingerprint density at radius 1 is 1.14 bits per heavy atom. The van der Waals surface area contributed by atoms with Crippen molar-refractivity contribution in [3.63, 3.8) is 0 Å². The molecule has 1 aliphatic rings. The van der Waals surface area contributed by atoms with Gasteiger partial charge in [-0.25, -0.2) is 4.79 Å². The van der Waals surface area contributed by atoms with Crippen LogP contribution in [-0.2, 0) is 23.8 Å². The van der Waals surface area contributed by atoms with Crippen LogP contribution in [0.4, 0.5) is 0 Å². The van der Waals surface area contributed by atoms with Gasteiger partial charge in [-0.05, 0) is 30.2 Å². The van der Waals surface area contributed by atoms with Crippen molar-refractivity contribution >= 4 is 18.0 Å². The SMILES string of the molecule is CCC(C)C(=O)OC[C@H]1O[C@@H](OC(=O)/C=C\c2ccc(O)cc2)[C@H](O)[C@@H](O)[C@@H]1O. The van der Waals surface area contributed by atoms with E-state index in [1.807, 2.05) is 6.92 Å². The quantitative estimate of drug-likeness (QED) is 0.370. The summed E-state index contributed by atoms with van der Waals surface area (Å²) in [7, 11) is 0. The highest BCUT2D eigenvalue weighted by Gasteiger charge is 2.46. The molecule has 2 rings (SSSR count). The van der Waals surface area contributed by atoms with Crippen molar-refractivity contribution in [2.75, 3.05) is 6.61 Å². The molecule has 9 heteroatoms. The molecule has 0 aliphatic carbocycles. The number of carbonyl (C=O) groups excluding carboxylic acids is 2. The molecule has 1 heterocycles. The molecule has 1 saturated heterocycles. The number of esters is 2. The summed E-state index contributed by atoms with van der Waals surface area (Å²) in [6.45, 7) is 3.13. The van der Waals surface area contributed by atoms with Gasteiger partial charge in [-0.15, -0.1) is 0 Å². The third kappa shape index (κ3) is 6.26. The fraction of sp³-hybridized carbons (Fsp3) is 0.500. The van der Waals surface area contributed by atoms with Crippen LogP contribution < -0.4 is 0 Å². The lowest BCUT2D eigenvalue weighted by molar-refractivity contribution is -0.292. The standard InChI is InChI=1S/C20H26O9/c1-3-11(2)19(26)27-10-14-16(23)17(24)18(25)20(28-14)29-15(22)9-6-12-4-7-13(21)8-5-12/h4-9,11,14,16-18,20-21,23-25H,3,10H2,1-2H3/b9-6-/t11?,14-,16-,17+,18-,20+/m1/s1. The molecule has 1 aliphatic heterocycles. The average molecular weight is 410 g/mol. The molecule has 6 atom stereocenters. The Labute approximate surface area is 168 Å². The van der Waals surface area contributed by atoms with Gasteiger partial charge in [0, 0.05) is 6.08 Å². The fourth-order valence-corrected chi connectivity index (χ4v) is 2.53. The van der Waals surface area contributed by atoms with Crippen LogP contribution in [-0.4, -0.2) is 69.7 Å². The molecule has 29 heavy (non-hydrogen) atoms. The fourth-order valence-electron chi connectivity index (χ4n) is 2.53. The van der Waals surface area contributed by atoms with Crippen LogP contribution in [0.3, 0.4) is 0 Å². The first-order valence-electron chi connectivity index (χ1n) is 9.27. The molecule has 1 fully saturated rings. The van der Waals surface area contributed by atoms with E-state index in [0.29, 0.717) is 12.0 Å². The summed E-state index contributed by atoms with van der Waals surface area (Å²) >= 11 is 0. The van der Waals surface area contributed by atoms with Gasteiger partial charge in [0.1, 0.15) is 36.8 Å². The Morgan fingerprint density at radius 3 is 2.41 bits per heavy atom. The third-order valence-corrected chi connectivity index (χ3v) is 4.61. The minimum atomic E-state index is -1.68. The summed E-state index contributed by atoms with van der Waals surface area (Å²) in [6.07, 6.45) is -4.53. The van der Waals surface area contributed by atoms with E-state index in [9.17, 15) is 30.0 Å². The molecule has 0 amide bonds. The number of aliphatic hydroxyl groups is 3. The van der Waals surface area contributed by atoms with E-state index in [4.69, 9.17) is 14.2 Å². The van der Waals surface area contributed by atoms with Gasteiger partial charge in [0.2, 0.25) is 6.29 Å². The molecule has 0 aromatic heterocycles. The van der Waals surface area contributed by atoms with Crippen LogP contribution in [0.2, 0.25) is 0 Å². The molecule has 9 nitrogen and oxygen atoms in total. The van der Waals surface area contributed by atoms with Crippen molar-refractivity contribution in [2.45, 2.75) is 51.0 Å². The molecular formula is C20H26O9. The summed E-state index contributed by atoms with van der Waals surface area (Å²) in [5, 5.41) is 39.3. The van der Waals surface area contributed by atoms with E-state index < -0.39 is 42.6 Å². The molecular weight excluding hydrogens is 384 g/mol. The van der Waals surface area contributed by atoms with E-state index >= 15 is 0 Å². The Hall–Kier alpha value is -2.46. The Kier molecular flexibility index (Phi) is 8.15. The van der Waals surface area contributed by atoms with Gasteiger partial charge in [0.15, 0.2) is 0 Å².